The van der Waals surface area contributed by atoms with Crippen LogP contribution in [0.5, 0.6) is 0 Å². The van der Waals surface area contributed by atoms with Crippen LogP contribution in [0.3, 0.4) is 0 Å². The van der Waals surface area contributed by atoms with Crippen molar-refractivity contribution in [1.29, 1.82) is 0 Å². The normalized spacial score (nSPS) is 17.1. The van der Waals surface area contributed by atoms with Crippen LogP contribution in [0, 0.1) is 13.8 Å². The molecule has 0 saturated heterocycles. The smallest absolute Gasteiger partial charge is 0.261 e. The number of aliphatic hydroxyl groups is 1. The highest BCUT2D eigenvalue weighted by molar-refractivity contribution is 5.93. The Morgan fingerprint density at radius 3 is 2.60 bits per heavy atom. The maximum Gasteiger partial charge on any atom is 0.261 e. The molecule has 0 aromatic carbocycles. The van der Waals surface area contributed by atoms with Gasteiger partial charge in [-0.3, -0.25) is 19.6 Å². The first-order chi connectivity index (χ1) is 14.2. The van der Waals surface area contributed by atoms with Gasteiger partial charge >= 0.3 is 0 Å². The minimum atomic E-state index is -0.858. The Morgan fingerprint density at radius 1 is 1.30 bits per heavy atom. The summed E-state index contributed by atoms with van der Waals surface area (Å²) in [6.07, 6.45) is 4.41. The Labute approximate surface area is 177 Å². The summed E-state index contributed by atoms with van der Waals surface area (Å²) >= 11 is 0. The highest BCUT2D eigenvalue weighted by atomic mass is 16.3. The van der Waals surface area contributed by atoms with E-state index in [2.05, 4.69) is 32.3 Å². The molecule has 2 aromatic rings. The van der Waals surface area contributed by atoms with E-state index in [1.165, 1.54) is 0 Å². The SMILES string of the molecule is Cc1n[nH]c(C)c1C(C)N(C)Cc1ccc(C(=O)NCC2(O)CCCCC2)c(=O)[nH]1. The third-order valence-corrected chi connectivity index (χ3v) is 6.26. The molecule has 30 heavy (non-hydrogen) atoms. The number of H-pyrrole nitrogens is 2. The van der Waals surface area contributed by atoms with Crippen LogP contribution in [0.15, 0.2) is 16.9 Å². The van der Waals surface area contributed by atoms with Gasteiger partial charge in [0.25, 0.3) is 11.5 Å². The van der Waals surface area contributed by atoms with Crippen LogP contribution in [-0.2, 0) is 6.54 Å². The molecular weight excluding hydrogens is 382 g/mol. The van der Waals surface area contributed by atoms with Gasteiger partial charge < -0.3 is 15.4 Å². The van der Waals surface area contributed by atoms with Gasteiger partial charge in [-0.2, -0.15) is 5.10 Å². The molecule has 1 saturated carbocycles. The third-order valence-electron chi connectivity index (χ3n) is 6.26. The molecule has 1 unspecified atom stereocenters. The largest absolute Gasteiger partial charge is 0.388 e. The molecule has 8 heteroatoms. The van der Waals surface area contributed by atoms with E-state index >= 15 is 0 Å². The molecule has 1 amide bonds. The number of pyridine rings is 1. The first-order valence-corrected chi connectivity index (χ1v) is 10.6. The fourth-order valence-electron chi connectivity index (χ4n) is 4.31. The fourth-order valence-corrected chi connectivity index (χ4v) is 4.31. The molecule has 1 aliphatic rings. The van der Waals surface area contributed by atoms with Crippen LogP contribution in [0.25, 0.3) is 0 Å². The van der Waals surface area contributed by atoms with E-state index < -0.39 is 17.1 Å². The first kappa shape index (κ1) is 22.2. The highest BCUT2D eigenvalue weighted by Crippen LogP contribution is 2.27. The number of aromatic amines is 2. The van der Waals surface area contributed by atoms with E-state index in [4.69, 9.17) is 0 Å². The lowest BCUT2D eigenvalue weighted by atomic mass is 9.85. The maximum atomic E-state index is 12.5. The summed E-state index contributed by atoms with van der Waals surface area (Å²) in [5, 5.41) is 20.5. The van der Waals surface area contributed by atoms with Crippen molar-refractivity contribution >= 4 is 5.91 Å². The average molecular weight is 416 g/mol. The molecule has 2 heterocycles. The van der Waals surface area contributed by atoms with Gasteiger partial charge in [-0.05, 0) is 52.8 Å². The fraction of sp³-hybridized carbons (Fsp3) is 0.591. The Balaban J connectivity index is 1.63. The van der Waals surface area contributed by atoms with E-state index in [-0.39, 0.29) is 18.2 Å². The molecule has 0 radical (unpaired) electrons. The van der Waals surface area contributed by atoms with Gasteiger partial charge in [-0.15, -0.1) is 0 Å². The van der Waals surface area contributed by atoms with Crippen LogP contribution in [0.4, 0.5) is 0 Å². The minimum absolute atomic E-state index is 0.0652. The maximum absolute atomic E-state index is 12.5. The van der Waals surface area contributed by atoms with Gasteiger partial charge in [0.05, 0.1) is 11.3 Å². The lowest BCUT2D eigenvalue weighted by Crippen LogP contribution is -2.45. The number of hydrogen-bond donors (Lipinski definition) is 4. The van der Waals surface area contributed by atoms with Crippen molar-refractivity contribution in [2.45, 2.75) is 71.1 Å². The summed E-state index contributed by atoms with van der Waals surface area (Å²) in [7, 11) is 1.99. The van der Waals surface area contributed by atoms with Crippen LogP contribution in [0.1, 0.15) is 78.1 Å². The number of aromatic nitrogens is 3. The number of carbonyl (C=O) groups is 1. The van der Waals surface area contributed by atoms with Gasteiger partial charge in [0.2, 0.25) is 0 Å². The second kappa shape index (κ2) is 9.14. The molecule has 0 bridgehead atoms. The number of nitrogens with zero attached hydrogens (tertiary/aromatic N) is 2. The van der Waals surface area contributed by atoms with Gasteiger partial charge in [-0.25, -0.2) is 0 Å². The topological polar surface area (TPSA) is 114 Å². The molecule has 3 rings (SSSR count). The summed E-state index contributed by atoms with van der Waals surface area (Å²) in [5.41, 5.74) is 2.67. The minimum Gasteiger partial charge on any atom is -0.388 e. The monoisotopic (exact) mass is 415 g/mol. The van der Waals surface area contributed by atoms with Gasteiger partial charge in [0.15, 0.2) is 0 Å². The predicted molar refractivity (Wildman–Crippen MR) is 115 cm³/mol. The van der Waals surface area contributed by atoms with Gasteiger partial charge in [-0.1, -0.05) is 19.3 Å². The number of aryl methyl sites for hydroxylation is 2. The van der Waals surface area contributed by atoms with Crippen molar-refractivity contribution in [3.8, 4) is 0 Å². The van der Waals surface area contributed by atoms with Crippen LogP contribution in [0.2, 0.25) is 0 Å². The van der Waals surface area contributed by atoms with Crippen LogP contribution < -0.4 is 10.9 Å². The molecule has 2 aromatic heterocycles. The summed E-state index contributed by atoms with van der Waals surface area (Å²) < 4.78 is 0. The second-order valence-electron chi connectivity index (χ2n) is 8.63. The van der Waals surface area contributed by atoms with Gasteiger partial charge in [0.1, 0.15) is 5.56 Å². The standard InChI is InChI=1S/C22H33N5O3/c1-14-19(15(2)26-25-14)16(3)27(4)12-17-8-9-18(21(29)24-17)20(28)23-13-22(30)10-6-5-7-11-22/h8-9,16,30H,5-7,10-13H2,1-4H3,(H,23,28)(H,24,29)(H,25,26). The molecule has 4 N–H and O–H groups in total. The van der Waals surface area contributed by atoms with Crippen molar-refractivity contribution in [3.63, 3.8) is 0 Å². The lowest BCUT2D eigenvalue weighted by molar-refractivity contribution is 0.00524. The quantitative estimate of drug-likeness (QED) is 0.554. The number of hydrogen-bond acceptors (Lipinski definition) is 5. The molecule has 1 atom stereocenters. The number of rotatable bonds is 7. The summed E-state index contributed by atoms with van der Waals surface area (Å²) in [6.45, 7) is 6.78. The lowest BCUT2D eigenvalue weighted by Gasteiger charge is -2.32. The Morgan fingerprint density at radius 2 is 2.00 bits per heavy atom. The Kier molecular flexibility index (Phi) is 6.77. The van der Waals surface area contributed by atoms with Crippen molar-refractivity contribution in [2.24, 2.45) is 0 Å². The third kappa shape index (κ3) is 4.99. The van der Waals surface area contributed by atoms with Crippen molar-refractivity contribution in [1.82, 2.24) is 25.4 Å². The Hall–Kier alpha value is -2.45. The zero-order chi connectivity index (χ0) is 21.9. The van der Waals surface area contributed by atoms with E-state index in [0.29, 0.717) is 19.4 Å². The van der Waals surface area contributed by atoms with Crippen molar-refractivity contribution in [2.75, 3.05) is 13.6 Å². The summed E-state index contributed by atoms with van der Waals surface area (Å²) in [5.74, 6) is -0.451. The highest BCUT2D eigenvalue weighted by Gasteiger charge is 2.30. The van der Waals surface area contributed by atoms with E-state index in [0.717, 1.165) is 41.9 Å². The zero-order valence-electron chi connectivity index (χ0n) is 18.3. The van der Waals surface area contributed by atoms with Crippen molar-refractivity contribution in [3.05, 3.63) is 50.7 Å². The first-order valence-electron chi connectivity index (χ1n) is 10.6. The van der Waals surface area contributed by atoms with Crippen LogP contribution >= 0.6 is 0 Å². The number of nitrogens with one attached hydrogen (secondary N) is 3. The van der Waals surface area contributed by atoms with Crippen LogP contribution in [-0.4, -0.2) is 50.3 Å². The zero-order valence-corrected chi connectivity index (χ0v) is 18.3. The molecule has 1 fully saturated rings. The molecule has 1 aliphatic carbocycles. The Bertz CT molecular complexity index is 923. The van der Waals surface area contributed by atoms with Gasteiger partial charge in [0, 0.05) is 36.1 Å². The molecule has 0 aliphatic heterocycles. The van der Waals surface area contributed by atoms with Crippen molar-refractivity contribution < 1.29 is 9.90 Å². The molecule has 8 nitrogen and oxygen atoms in total. The number of carbonyl (C=O) groups excluding carboxylic acids is 1. The summed E-state index contributed by atoms with van der Waals surface area (Å²) in [4.78, 5) is 29.9. The average Bonchev–Trinajstić information content (AvgIpc) is 3.04. The molecular formula is C22H33N5O3. The number of amides is 1. The predicted octanol–water partition coefficient (Wildman–Crippen LogP) is 2.33. The molecule has 0 spiro atoms. The van der Waals surface area contributed by atoms with E-state index in [1.54, 1.807) is 12.1 Å². The second-order valence-corrected chi connectivity index (χ2v) is 8.63. The summed E-state index contributed by atoms with van der Waals surface area (Å²) in [6, 6.07) is 3.44. The van der Waals surface area contributed by atoms with E-state index in [1.807, 2.05) is 20.9 Å². The van der Waals surface area contributed by atoms with E-state index in [9.17, 15) is 14.7 Å². The molecule has 164 valence electrons.